The third-order valence-electron chi connectivity index (χ3n) is 3.52. The van der Waals surface area contributed by atoms with Crippen molar-refractivity contribution in [3.8, 4) is 5.69 Å². The number of aryl methyl sites for hydroxylation is 3. The number of anilines is 1. The van der Waals surface area contributed by atoms with Gasteiger partial charge in [0, 0.05) is 6.20 Å². The summed E-state index contributed by atoms with van der Waals surface area (Å²) >= 11 is 0. The van der Waals surface area contributed by atoms with Crippen molar-refractivity contribution in [3.63, 3.8) is 0 Å². The number of nitrogens with zero attached hydrogens (tertiary/aromatic N) is 3. The van der Waals surface area contributed by atoms with Crippen LogP contribution in [-0.4, -0.2) is 14.5 Å². The second kappa shape index (κ2) is 4.09. The Balaban J connectivity index is 2.33. The van der Waals surface area contributed by atoms with Crippen LogP contribution in [0.3, 0.4) is 0 Å². The molecule has 4 nitrogen and oxygen atoms in total. The molecule has 0 spiro atoms. The number of hydrogen-bond donors (Lipinski definition) is 1. The van der Waals surface area contributed by atoms with Gasteiger partial charge in [-0.1, -0.05) is 6.07 Å². The van der Waals surface area contributed by atoms with Crippen LogP contribution in [0.5, 0.6) is 0 Å². The minimum Gasteiger partial charge on any atom is -0.369 e. The van der Waals surface area contributed by atoms with Crippen molar-refractivity contribution in [2.75, 3.05) is 5.73 Å². The molecule has 3 aromatic rings. The number of nitrogens with two attached hydrogens (primary N) is 1. The fourth-order valence-electron chi connectivity index (χ4n) is 2.23. The van der Waals surface area contributed by atoms with E-state index in [4.69, 9.17) is 5.73 Å². The van der Waals surface area contributed by atoms with E-state index in [-0.39, 0.29) is 0 Å². The number of nitrogen functional groups attached to an aromatic ring is 1. The minimum atomic E-state index is 0.472. The van der Waals surface area contributed by atoms with E-state index in [1.165, 1.54) is 11.1 Å². The van der Waals surface area contributed by atoms with Gasteiger partial charge in [-0.3, -0.25) is 4.57 Å². The van der Waals surface area contributed by atoms with E-state index in [0.29, 0.717) is 5.95 Å². The van der Waals surface area contributed by atoms with Crippen molar-refractivity contribution in [1.29, 1.82) is 0 Å². The summed E-state index contributed by atoms with van der Waals surface area (Å²) in [4.78, 5) is 8.83. The predicted octanol–water partition coefficient (Wildman–Crippen LogP) is 2.93. The van der Waals surface area contributed by atoms with Crippen molar-refractivity contribution < 1.29 is 0 Å². The number of hydrogen-bond acceptors (Lipinski definition) is 3. The summed E-state index contributed by atoms with van der Waals surface area (Å²) in [5, 5.41) is 0. The molecule has 0 fully saturated rings. The molecule has 96 valence electrons. The highest BCUT2D eigenvalue weighted by atomic mass is 15.2. The van der Waals surface area contributed by atoms with E-state index < -0.39 is 0 Å². The number of pyridine rings is 1. The highest BCUT2D eigenvalue weighted by Crippen LogP contribution is 2.24. The summed E-state index contributed by atoms with van der Waals surface area (Å²) < 4.78 is 1.90. The SMILES string of the molecule is Cc1ccc(-n2c(N)nc3c(C)ccnc32)cc1C. The Morgan fingerprint density at radius 1 is 1.00 bits per heavy atom. The zero-order valence-electron chi connectivity index (χ0n) is 11.3. The fraction of sp³-hybridized carbons (Fsp3) is 0.200. The molecule has 0 amide bonds. The highest BCUT2D eigenvalue weighted by molar-refractivity contribution is 5.79. The van der Waals surface area contributed by atoms with Crippen LogP contribution in [-0.2, 0) is 0 Å². The second-order valence-corrected chi connectivity index (χ2v) is 4.87. The Labute approximate surface area is 111 Å². The van der Waals surface area contributed by atoms with Gasteiger partial charge in [0.25, 0.3) is 0 Å². The lowest BCUT2D eigenvalue weighted by molar-refractivity contribution is 1.08. The molecular formula is C15H16N4. The molecule has 0 saturated heterocycles. The quantitative estimate of drug-likeness (QED) is 0.724. The van der Waals surface area contributed by atoms with Gasteiger partial charge < -0.3 is 5.73 Å². The monoisotopic (exact) mass is 252 g/mol. The molecule has 0 atom stereocenters. The number of rotatable bonds is 1. The van der Waals surface area contributed by atoms with Gasteiger partial charge in [-0.05, 0) is 55.7 Å². The molecule has 19 heavy (non-hydrogen) atoms. The average Bonchev–Trinajstić information content (AvgIpc) is 2.71. The van der Waals surface area contributed by atoms with Crippen molar-refractivity contribution in [1.82, 2.24) is 14.5 Å². The molecule has 3 rings (SSSR count). The Kier molecular flexibility index (Phi) is 2.52. The summed E-state index contributed by atoms with van der Waals surface area (Å²) in [6, 6.07) is 8.19. The van der Waals surface area contributed by atoms with Crippen LogP contribution >= 0.6 is 0 Å². The van der Waals surface area contributed by atoms with E-state index in [2.05, 4.69) is 35.9 Å². The third-order valence-corrected chi connectivity index (χ3v) is 3.52. The van der Waals surface area contributed by atoms with Gasteiger partial charge in [-0.25, -0.2) is 9.97 Å². The van der Waals surface area contributed by atoms with E-state index in [1.54, 1.807) is 6.20 Å². The number of aromatic nitrogens is 3. The molecule has 2 heterocycles. The molecule has 2 aromatic heterocycles. The first-order valence-corrected chi connectivity index (χ1v) is 6.25. The Morgan fingerprint density at radius 2 is 1.79 bits per heavy atom. The Morgan fingerprint density at radius 3 is 2.53 bits per heavy atom. The number of fused-ring (bicyclic) bond motifs is 1. The van der Waals surface area contributed by atoms with Crippen LogP contribution in [0.15, 0.2) is 30.5 Å². The second-order valence-electron chi connectivity index (χ2n) is 4.87. The maximum absolute atomic E-state index is 6.05. The first-order chi connectivity index (χ1) is 9.08. The molecule has 0 bridgehead atoms. The van der Waals surface area contributed by atoms with Crippen molar-refractivity contribution in [2.45, 2.75) is 20.8 Å². The van der Waals surface area contributed by atoms with Gasteiger partial charge in [-0.15, -0.1) is 0 Å². The molecule has 0 unspecified atom stereocenters. The molecule has 1 aromatic carbocycles. The van der Waals surface area contributed by atoms with Gasteiger partial charge in [0.05, 0.1) is 5.69 Å². The summed E-state index contributed by atoms with van der Waals surface area (Å²) in [6.07, 6.45) is 1.79. The normalized spacial score (nSPS) is 11.1. The van der Waals surface area contributed by atoms with E-state index >= 15 is 0 Å². The number of imidazole rings is 1. The zero-order valence-corrected chi connectivity index (χ0v) is 11.3. The smallest absolute Gasteiger partial charge is 0.207 e. The summed E-state index contributed by atoms with van der Waals surface area (Å²) in [7, 11) is 0. The molecule has 4 heteroatoms. The van der Waals surface area contributed by atoms with Crippen molar-refractivity contribution in [2.24, 2.45) is 0 Å². The van der Waals surface area contributed by atoms with E-state index in [1.807, 2.05) is 23.6 Å². The van der Waals surface area contributed by atoms with Gasteiger partial charge in [0.15, 0.2) is 5.65 Å². The van der Waals surface area contributed by atoms with Crippen LogP contribution in [0.25, 0.3) is 16.9 Å². The highest BCUT2D eigenvalue weighted by Gasteiger charge is 2.12. The average molecular weight is 252 g/mol. The molecule has 0 aliphatic rings. The van der Waals surface area contributed by atoms with Crippen molar-refractivity contribution >= 4 is 17.1 Å². The topological polar surface area (TPSA) is 56.7 Å². The summed E-state index contributed by atoms with van der Waals surface area (Å²) in [6.45, 7) is 6.20. The van der Waals surface area contributed by atoms with Gasteiger partial charge in [0.1, 0.15) is 5.52 Å². The van der Waals surface area contributed by atoms with E-state index in [0.717, 1.165) is 22.4 Å². The Bertz CT molecular complexity index is 771. The van der Waals surface area contributed by atoms with Crippen LogP contribution in [0.2, 0.25) is 0 Å². The van der Waals surface area contributed by atoms with Crippen LogP contribution < -0.4 is 5.73 Å². The molecular weight excluding hydrogens is 236 g/mol. The third kappa shape index (κ3) is 1.76. The lowest BCUT2D eigenvalue weighted by Gasteiger charge is -2.08. The molecule has 2 N–H and O–H groups in total. The van der Waals surface area contributed by atoms with Crippen LogP contribution in [0, 0.1) is 20.8 Å². The zero-order chi connectivity index (χ0) is 13.6. The number of benzene rings is 1. The van der Waals surface area contributed by atoms with Crippen LogP contribution in [0.1, 0.15) is 16.7 Å². The van der Waals surface area contributed by atoms with Crippen LogP contribution in [0.4, 0.5) is 5.95 Å². The van der Waals surface area contributed by atoms with Gasteiger partial charge in [0.2, 0.25) is 5.95 Å². The molecule has 0 aliphatic heterocycles. The molecule has 0 saturated carbocycles. The predicted molar refractivity (Wildman–Crippen MR) is 77.5 cm³/mol. The maximum atomic E-state index is 6.05. The first kappa shape index (κ1) is 11.7. The fourth-order valence-corrected chi connectivity index (χ4v) is 2.23. The summed E-state index contributed by atoms with van der Waals surface area (Å²) in [5.41, 5.74) is 12.3. The van der Waals surface area contributed by atoms with E-state index in [9.17, 15) is 0 Å². The van der Waals surface area contributed by atoms with Gasteiger partial charge >= 0.3 is 0 Å². The molecule has 0 radical (unpaired) electrons. The largest absolute Gasteiger partial charge is 0.369 e. The lowest BCUT2D eigenvalue weighted by atomic mass is 10.1. The molecule has 0 aliphatic carbocycles. The van der Waals surface area contributed by atoms with Gasteiger partial charge in [-0.2, -0.15) is 0 Å². The first-order valence-electron chi connectivity index (χ1n) is 6.25. The minimum absolute atomic E-state index is 0.472. The Hall–Kier alpha value is -2.36. The van der Waals surface area contributed by atoms with Crippen molar-refractivity contribution in [3.05, 3.63) is 47.2 Å². The maximum Gasteiger partial charge on any atom is 0.207 e. The summed E-state index contributed by atoms with van der Waals surface area (Å²) in [5.74, 6) is 0.472. The standard InChI is InChI=1S/C15H16N4/c1-9-4-5-12(8-11(9)3)19-14-13(18-15(19)16)10(2)6-7-17-14/h4-8H,1-3H3,(H2,16,18). The lowest BCUT2D eigenvalue weighted by Crippen LogP contribution is -2.02.